The summed E-state index contributed by atoms with van der Waals surface area (Å²) in [6.45, 7) is 5.75. The molecule has 1 N–H and O–H groups in total. The molecule has 10 nitrogen and oxygen atoms in total. The van der Waals surface area contributed by atoms with E-state index in [4.69, 9.17) is 14.2 Å². The maximum atomic E-state index is 11.5. The lowest BCUT2D eigenvalue weighted by Crippen LogP contribution is -2.25. The Morgan fingerprint density at radius 1 is 1.00 bits per heavy atom. The Hall–Kier alpha value is -4.34. The Labute approximate surface area is 211 Å². The van der Waals surface area contributed by atoms with E-state index in [9.17, 15) is 14.9 Å². The first-order valence-electron chi connectivity index (χ1n) is 11.2. The number of nitrogens with zero attached hydrogens (tertiary/aromatic N) is 2. The van der Waals surface area contributed by atoms with E-state index >= 15 is 0 Å². The fourth-order valence-electron chi connectivity index (χ4n) is 2.71. The summed E-state index contributed by atoms with van der Waals surface area (Å²) >= 11 is 0. The highest BCUT2D eigenvalue weighted by Crippen LogP contribution is 2.29. The summed E-state index contributed by atoms with van der Waals surface area (Å²) in [4.78, 5) is 26.2. The van der Waals surface area contributed by atoms with Gasteiger partial charge in [0.15, 0.2) is 6.10 Å². The van der Waals surface area contributed by atoms with Crippen molar-refractivity contribution < 1.29 is 28.7 Å². The second-order valence-electron chi connectivity index (χ2n) is 6.75. The fourth-order valence-corrected chi connectivity index (χ4v) is 2.71. The molecule has 3 rings (SSSR count). The standard InChI is InChI=1S/C18H21N3O7.C6H6.C2H6/c1-11(18(22)27-4)28-17-14(21(23)24)7-8-16(20-17)19-10-12-5-6-13(25-2)9-15(12)26-3;1-2-4-6-5-3-1;1-2/h5-9,11H,10H2,1-4H3,(H,19,20);1-6H;1-2H3. The Bertz CT molecular complexity index is 1050. The number of carbonyl (C=O) groups is 1. The molecule has 36 heavy (non-hydrogen) atoms. The van der Waals surface area contributed by atoms with E-state index in [1.165, 1.54) is 26.2 Å². The van der Waals surface area contributed by atoms with Crippen LogP contribution in [0.1, 0.15) is 26.3 Å². The summed E-state index contributed by atoms with van der Waals surface area (Å²) < 4.78 is 20.4. The van der Waals surface area contributed by atoms with Crippen molar-refractivity contribution in [2.24, 2.45) is 0 Å². The smallest absolute Gasteiger partial charge is 0.346 e. The van der Waals surface area contributed by atoms with Crippen LogP contribution in [0.5, 0.6) is 17.4 Å². The Kier molecular flexibility index (Phi) is 13.5. The summed E-state index contributed by atoms with van der Waals surface area (Å²) in [5, 5.41) is 14.2. The third-order valence-electron chi connectivity index (χ3n) is 4.48. The van der Waals surface area contributed by atoms with E-state index in [1.54, 1.807) is 26.4 Å². The average molecular weight is 500 g/mol. The zero-order chi connectivity index (χ0) is 26.9. The Morgan fingerprint density at radius 3 is 2.11 bits per heavy atom. The van der Waals surface area contributed by atoms with Crippen LogP contribution in [0.15, 0.2) is 66.7 Å². The van der Waals surface area contributed by atoms with E-state index < -0.39 is 17.0 Å². The minimum atomic E-state index is -1.05. The number of esters is 1. The van der Waals surface area contributed by atoms with Gasteiger partial charge in [-0.2, -0.15) is 4.98 Å². The van der Waals surface area contributed by atoms with Crippen LogP contribution in [0.25, 0.3) is 0 Å². The van der Waals surface area contributed by atoms with Gasteiger partial charge in [-0.1, -0.05) is 50.2 Å². The molecule has 1 atom stereocenters. The molecule has 0 saturated heterocycles. The van der Waals surface area contributed by atoms with Gasteiger partial charge in [-0.05, 0) is 25.1 Å². The van der Waals surface area contributed by atoms with Crippen molar-refractivity contribution >= 4 is 17.5 Å². The number of nitrogens with one attached hydrogen (secondary N) is 1. The van der Waals surface area contributed by atoms with Gasteiger partial charge in [0.2, 0.25) is 0 Å². The first-order chi connectivity index (χ1) is 17.4. The lowest BCUT2D eigenvalue weighted by molar-refractivity contribution is -0.386. The molecule has 10 heteroatoms. The number of carbonyl (C=O) groups excluding carboxylic acids is 1. The van der Waals surface area contributed by atoms with Crippen LogP contribution in [0, 0.1) is 10.1 Å². The molecule has 0 fully saturated rings. The lowest BCUT2D eigenvalue weighted by Gasteiger charge is -2.14. The molecule has 0 bridgehead atoms. The first kappa shape index (κ1) is 29.7. The first-order valence-corrected chi connectivity index (χ1v) is 11.2. The van der Waals surface area contributed by atoms with E-state index in [1.807, 2.05) is 56.3 Å². The molecule has 0 aliphatic rings. The summed E-state index contributed by atoms with van der Waals surface area (Å²) in [7, 11) is 4.30. The molecule has 0 spiro atoms. The second-order valence-corrected chi connectivity index (χ2v) is 6.75. The molecule has 3 aromatic rings. The monoisotopic (exact) mass is 499 g/mol. The fraction of sp³-hybridized carbons (Fsp3) is 0.308. The number of ether oxygens (including phenoxy) is 4. The van der Waals surface area contributed by atoms with E-state index in [-0.39, 0.29) is 11.6 Å². The van der Waals surface area contributed by atoms with Crippen LogP contribution in [-0.2, 0) is 16.1 Å². The highest BCUT2D eigenvalue weighted by molar-refractivity contribution is 5.74. The molecule has 0 radical (unpaired) electrons. The van der Waals surface area contributed by atoms with Crippen molar-refractivity contribution in [3.05, 3.63) is 82.4 Å². The summed E-state index contributed by atoms with van der Waals surface area (Å²) in [6, 6.07) is 20.1. The van der Waals surface area contributed by atoms with Crippen LogP contribution in [-0.4, -0.2) is 43.3 Å². The normalized spacial score (nSPS) is 10.3. The van der Waals surface area contributed by atoms with Gasteiger partial charge in [0.05, 0.1) is 26.3 Å². The lowest BCUT2D eigenvalue weighted by atomic mass is 10.2. The Balaban J connectivity index is 0.000000694. The van der Waals surface area contributed by atoms with Crippen molar-refractivity contribution in [2.75, 3.05) is 26.6 Å². The number of aromatic nitrogens is 1. The van der Waals surface area contributed by atoms with Crippen LogP contribution >= 0.6 is 0 Å². The predicted octanol–water partition coefficient (Wildman–Crippen LogP) is 5.27. The van der Waals surface area contributed by atoms with Crippen LogP contribution in [0.4, 0.5) is 11.5 Å². The summed E-state index contributed by atoms with van der Waals surface area (Å²) in [6.07, 6.45) is -1.05. The van der Waals surface area contributed by atoms with E-state index in [0.717, 1.165) is 5.56 Å². The van der Waals surface area contributed by atoms with Crippen molar-refractivity contribution in [1.29, 1.82) is 0 Å². The summed E-state index contributed by atoms with van der Waals surface area (Å²) in [5.74, 6) is 0.647. The quantitative estimate of drug-likeness (QED) is 0.238. The number of methoxy groups -OCH3 is 3. The molecule has 1 aromatic heterocycles. The second kappa shape index (κ2) is 16.3. The average Bonchev–Trinajstić information content (AvgIpc) is 2.93. The van der Waals surface area contributed by atoms with Crippen LogP contribution < -0.4 is 19.5 Å². The molecular formula is C26H33N3O7. The van der Waals surface area contributed by atoms with Crippen molar-refractivity contribution in [2.45, 2.75) is 33.4 Å². The molecule has 1 unspecified atom stereocenters. The highest BCUT2D eigenvalue weighted by Gasteiger charge is 2.23. The predicted molar refractivity (Wildman–Crippen MR) is 138 cm³/mol. The molecule has 1 heterocycles. The number of pyridine rings is 1. The third-order valence-corrected chi connectivity index (χ3v) is 4.48. The molecule has 0 saturated carbocycles. The van der Waals surface area contributed by atoms with Crippen LogP contribution in [0.2, 0.25) is 0 Å². The maximum absolute atomic E-state index is 11.5. The van der Waals surface area contributed by atoms with Gasteiger partial charge in [-0.25, -0.2) is 4.79 Å². The molecule has 0 amide bonds. The van der Waals surface area contributed by atoms with Gasteiger partial charge in [0, 0.05) is 24.2 Å². The van der Waals surface area contributed by atoms with E-state index in [0.29, 0.717) is 23.9 Å². The van der Waals surface area contributed by atoms with Gasteiger partial charge in [0.25, 0.3) is 5.88 Å². The maximum Gasteiger partial charge on any atom is 0.346 e. The van der Waals surface area contributed by atoms with E-state index in [2.05, 4.69) is 15.0 Å². The minimum absolute atomic E-state index is 0.283. The molecule has 2 aromatic carbocycles. The topological polar surface area (TPSA) is 122 Å². The van der Waals surface area contributed by atoms with Gasteiger partial charge in [-0.15, -0.1) is 0 Å². The number of hydrogen-bond acceptors (Lipinski definition) is 9. The number of benzene rings is 2. The SMILES string of the molecule is CC.COC(=O)C(C)Oc1nc(NCc2ccc(OC)cc2OC)ccc1[N+](=O)[O-].c1ccccc1. The third kappa shape index (κ3) is 9.49. The van der Waals surface area contributed by atoms with Crippen molar-refractivity contribution in [3.63, 3.8) is 0 Å². The number of rotatable bonds is 9. The van der Waals surface area contributed by atoms with Gasteiger partial charge >= 0.3 is 11.7 Å². The van der Waals surface area contributed by atoms with Crippen molar-refractivity contribution in [1.82, 2.24) is 4.98 Å². The molecular weight excluding hydrogens is 466 g/mol. The van der Waals surface area contributed by atoms with Crippen LogP contribution in [0.3, 0.4) is 0 Å². The van der Waals surface area contributed by atoms with Crippen molar-refractivity contribution in [3.8, 4) is 17.4 Å². The molecule has 194 valence electrons. The summed E-state index contributed by atoms with van der Waals surface area (Å²) in [5.41, 5.74) is 0.470. The number of hydrogen-bond donors (Lipinski definition) is 1. The van der Waals surface area contributed by atoms with Gasteiger partial charge < -0.3 is 24.3 Å². The molecule has 0 aliphatic carbocycles. The zero-order valence-corrected chi connectivity index (χ0v) is 21.4. The minimum Gasteiger partial charge on any atom is -0.497 e. The zero-order valence-electron chi connectivity index (χ0n) is 21.4. The highest BCUT2D eigenvalue weighted by atomic mass is 16.6. The number of anilines is 1. The van der Waals surface area contributed by atoms with Gasteiger partial charge in [-0.3, -0.25) is 10.1 Å². The Morgan fingerprint density at radius 2 is 1.61 bits per heavy atom. The largest absolute Gasteiger partial charge is 0.497 e. The van der Waals surface area contributed by atoms with Gasteiger partial charge in [0.1, 0.15) is 17.3 Å². The molecule has 0 aliphatic heterocycles. The number of nitro groups is 1.